The minimum absolute atomic E-state index is 0.00377. The van der Waals surface area contributed by atoms with E-state index in [4.69, 9.17) is 5.14 Å². The number of nitrogens with zero attached hydrogens (tertiary/aromatic N) is 1. The fraction of sp³-hybridized carbons (Fsp3) is 0.300. The molecule has 1 aliphatic heterocycles. The van der Waals surface area contributed by atoms with E-state index in [1.165, 1.54) is 29.2 Å². The lowest BCUT2D eigenvalue weighted by Gasteiger charge is -2.34. The molecule has 0 aromatic heterocycles. The summed E-state index contributed by atoms with van der Waals surface area (Å²) in [5, 5.41) is 7.87. The summed E-state index contributed by atoms with van der Waals surface area (Å²) in [7, 11) is -3.77. The van der Waals surface area contributed by atoms with Crippen molar-refractivity contribution in [1.29, 1.82) is 0 Å². The van der Waals surface area contributed by atoms with Gasteiger partial charge in [0, 0.05) is 19.5 Å². The van der Waals surface area contributed by atoms with Crippen LogP contribution in [0.25, 0.3) is 0 Å². The monoisotopic (exact) mass is 419 g/mol. The van der Waals surface area contributed by atoms with Crippen molar-refractivity contribution in [2.75, 3.05) is 0 Å². The SMILES string of the molecule is NS(=O)(=O)c1ccc(CNC(=O)C2CCCC(=O)N2Cc2ccc(F)cc2)cc1. The van der Waals surface area contributed by atoms with Gasteiger partial charge in [-0.1, -0.05) is 24.3 Å². The highest BCUT2D eigenvalue weighted by molar-refractivity contribution is 7.89. The maximum absolute atomic E-state index is 13.1. The predicted octanol–water partition coefficient (Wildman–Crippen LogP) is 1.67. The van der Waals surface area contributed by atoms with E-state index < -0.39 is 16.1 Å². The third-order valence-corrected chi connectivity index (χ3v) is 5.78. The Morgan fingerprint density at radius 2 is 1.72 bits per heavy atom. The molecule has 9 heteroatoms. The van der Waals surface area contributed by atoms with Gasteiger partial charge in [-0.15, -0.1) is 0 Å². The summed E-state index contributed by atoms with van der Waals surface area (Å²) >= 11 is 0. The molecule has 1 atom stereocenters. The van der Waals surface area contributed by atoms with Gasteiger partial charge in [-0.3, -0.25) is 9.59 Å². The molecule has 0 aliphatic carbocycles. The number of hydrogen-bond acceptors (Lipinski definition) is 4. The third-order valence-electron chi connectivity index (χ3n) is 4.85. The third kappa shape index (κ3) is 5.39. The van der Waals surface area contributed by atoms with Crippen molar-refractivity contribution in [2.45, 2.75) is 43.3 Å². The Hall–Kier alpha value is -2.78. The summed E-state index contributed by atoms with van der Waals surface area (Å²) in [6, 6.07) is 11.1. The van der Waals surface area contributed by atoms with Gasteiger partial charge in [0.15, 0.2) is 0 Å². The van der Waals surface area contributed by atoms with Gasteiger partial charge in [-0.25, -0.2) is 17.9 Å². The highest BCUT2D eigenvalue weighted by atomic mass is 32.2. The second-order valence-electron chi connectivity index (χ2n) is 6.96. The smallest absolute Gasteiger partial charge is 0.243 e. The molecule has 1 saturated heterocycles. The van der Waals surface area contributed by atoms with Crippen molar-refractivity contribution < 1.29 is 22.4 Å². The first-order valence-electron chi connectivity index (χ1n) is 9.17. The number of nitrogens with one attached hydrogen (secondary N) is 1. The van der Waals surface area contributed by atoms with Crippen LogP contribution in [0.1, 0.15) is 30.4 Å². The molecule has 2 aromatic carbocycles. The number of nitrogens with two attached hydrogens (primary N) is 1. The molecule has 1 aliphatic rings. The molecule has 2 aromatic rings. The zero-order valence-corrected chi connectivity index (χ0v) is 16.5. The van der Waals surface area contributed by atoms with Crippen LogP contribution in [0.15, 0.2) is 53.4 Å². The Morgan fingerprint density at radius 1 is 1.10 bits per heavy atom. The van der Waals surface area contributed by atoms with E-state index in [0.717, 1.165) is 5.56 Å². The maximum atomic E-state index is 13.1. The first-order chi connectivity index (χ1) is 13.7. The summed E-state index contributed by atoms with van der Waals surface area (Å²) in [5.41, 5.74) is 1.45. The fourth-order valence-corrected chi connectivity index (χ4v) is 3.80. The fourth-order valence-electron chi connectivity index (χ4n) is 3.28. The highest BCUT2D eigenvalue weighted by Gasteiger charge is 2.33. The van der Waals surface area contributed by atoms with E-state index in [1.54, 1.807) is 24.3 Å². The van der Waals surface area contributed by atoms with Crippen LogP contribution >= 0.6 is 0 Å². The molecular weight excluding hydrogens is 397 g/mol. The lowest BCUT2D eigenvalue weighted by atomic mass is 9.99. The number of hydrogen-bond donors (Lipinski definition) is 2. The number of sulfonamides is 1. The summed E-state index contributed by atoms with van der Waals surface area (Å²) in [4.78, 5) is 26.6. The molecule has 0 bridgehead atoms. The number of rotatable bonds is 6. The van der Waals surface area contributed by atoms with E-state index in [9.17, 15) is 22.4 Å². The molecule has 3 N–H and O–H groups in total. The Bertz CT molecular complexity index is 991. The normalized spacial score (nSPS) is 17.2. The van der Waals surface area contributed by atoms with Gasteiger partial charge in [-0.05, 0) is 48.2 Å². The number of amides is 2. The van der Waals surface area contributed by atoms with Gasteiger partial charge in [0.2, 0.25) is 21.8 Å². The standard InChI is InChI=1S/C20H22FN3O4S/c21-16-8-4-15(5-9-16)13-24-18(2-1-3-19(24)25)20(26)23-12-14-6-10-17(11-7-14)29(22,27)28/h4-11,18H,1-3,12-13H2,(H,23,26)(H2,22,27,28). The summed E-state index contributed by atoms with van der Waals surface area (Å²) in [6.07, 6.45) is 1.54. The van der Waals surface area contributed by atoms with Crippen molar-refractivity contribution in [1.82, 2.24) is 10.2 Å². The van der Waals surface area contributed by atoms with Crippen LogP contribution in [0.4, 0.5) is 4.39 Å². The molecule has 0 spiro atoms. The van der Waals surface area contributed by atoms with Crippen LogP contribution in [0, 0.1) is 5.82 Å². The van der Waals surface area contributed by atoms with E-state index in [-0.39, 0.29) is 35.6 Å². The highest BCUT2D eigenvalue weighted by Crippen LogP contribution is 2.21. The quantitative estimate of drug-likeness (QED) is 0.742. The molecule has 2 amide bonds. The van der Waals surface area contributed by atoms with E-state index in [1.807, 2.05) is 0 Å². The van der Waals surface area contributed by atoms with Gasteiger partial charge in [0.1, 0.15) is 11.9 Å². The Balaban J connectivity index is 1.65. The van der Waals surface area contributed by atoms with E-state index in [2.05, 4.69) is 5.32 Å². The Kier molecular flexibility index (Phi) is 6.29. The van der Waals surface area contributed by atoms with Crippen LogP contribution in [0.5, 0.6) is 0 Å². The average molecular weight is 419 g/mol. The van der Waals surface area contributed by atoms with Crippen LogP contribution in [0.2, 0.25) is 0 Å². The summed E-state index contributed by atoms with van der Waals surface area (Å²) in [6.45, 7) is 0.430. The molecule has 29 heavy (non-hydrogen) atoms. The second kappa shape index (κ2) is 8.71. The second-order valence-corrected chi connectivity index (χ2v) is 8.52. The van der Waals surface area contributed by atoms with Crippen molar-refractivity contribution in [3.8, 4) is 0 Å². The minimum atomic E-state index is -3.77. The topological polar surface area (TPSA) is 110 Å². The number of halogens is 1. The molecule has 1 unspecified atom stereocenters. The number of likely N-dealkylation sites (tertiary alicyclic amines) is 1. The van der Waals surface area contributed by atoms with Crippen molar-refractivity contribution in [2.24, 2.45) is 5.14 Å². The predicted molar refractivity (Wildman–Crippen MR) is 104 cm³/mol. The first-order valence-corrected chi connectivity index (χ1v) is 10.7. The molecule has 1 fully saturated rings. The Labute approximate surface area is 168 Å². The maximum Gasteiger partial charge on any atom is 0.243 e. The number of piperidine rings is 1. The van der Waals surface area contributed by atoms with Crippen LogP contribution in [-0.4, -0.2) is 31.2 Å². The van der Waals surface area contributed by atoms with Crippen LogP contribution in [0.3, 0.4) is 0 Å². The summed E-state index contributed by atoms with van der Waals surface area (Å²) in [5.74, 6) is -0.754. The zero-order chi connectivity index (χ0) is 21.0. The Morgan fingerprint density at radius 3 is 2.34 bits per heavy atom. The van der Waals surface area contributed by atoms with E-state index >= 15 is 0 Å². The van der Waals surface area contributed by atoms with Crippen molar-refractivity contribution >= 4 is 21.8 Å². The van der Waals surface area contributed by atoms with E-state index in [0.29, 0.717) is 24.8 Å². The van der Waals surface area contributed by atoms with Gasteiger partial charge in [0.25, 0.3) is 0 Å². The van der Waals surface area contributed by atoms with Gasteiger partial charge < -0.3 is 10.2 Å². The largest absolute Gasteiger partial charge is 0.350 e. The lowest BCUT2D eigenvalue weighted by Crippen LogP contribution is -2.51. The number of primary sulfonamides is 1. The first kappa shape index (κ1) is 20.9. The molecule has 1 heterocycles. The van der Waals surface area contributed by atoms with Gasteiger partial charge >= 0.3 is 0 Å². The number of benzene rings is 2. The van der Waals surface area contributed by atoms with Gasteiger partial charge in [-0.2, -0.15) is 0 Å². The van der Waals surface area contributed by atoms with Crippen LogP contribution < -0.4 is 10.5 Å². The molecule has 154 valence electrons. The molecule has 0 radical (unpaired) electrons. The zero-order valence-electron chi connectivity index (χ0n) is 15.7. The van der Waals surface area contributed by atoms with Crippen molar-refractivity contribution in [3.05, 3.63) is 65.5 Å². The lowest BCUT2D eigenvalue weighted by molar-refractivity contribution is -0.144. The molecular formula is C20H22FN3O4S. The van der Waals surface area contributed by atoms with Crippen molar-refractivity contribution in [3.63, 3.8) is 0 Å². The van der Waals surface area contributed by atoms with Crippen LogP contribution in [-0.2, 0) is 32.7 Å². The minimum Gasteiger partial charge on any atom is -0.350 e. The average Bonchev–Trinajstić information content (AvgIpc) is 2.69. The molecule has 3 rings (SSSR count). The number of carbonyl (C=O) groups is 2. The summed E-state index contributed by atoms with van der Waals surface area (Å²) < 4.78 is 35.7. The number of carbonyl (C=O) groups excluding carboxylic acids is 2. The molecule has 0 saturated carbocycles. The van der Waals surface area contributed by atoms with Gasteiger partial charge in [0.05, 0.1) is 4.90 Å². The molecule has 7 nitrogen and oxygen atoms in total.